The van der Waals surface area contributed by atoms with Crippen molar-refractivity contribution < 1.29 is 14.7 Å². The van der Waals surface area contributed by atoms with Gasteiger partial charge in [0.15, 0.2) is 0 Å². The number of nitrogens with two attached hydrogens (primary N) is 1. The molecule has 1 amide bonds. The van der Waals surface area contributed by atoms with Crippen molar-refractivity contribution in [3.8, 4) is 12.3 Å². The second-order valence-electron chi connectivity index (χ2n) is 3.23. The van der Waals surface area contributed by atoms with Crippen molar-refractivity contribution in [2.75, 3.05) is 7.05 Å². The van der Waals surface area contributed by atoms with Gasteiger partial charge in [0.1, 0.15) is 6.04 Å². The van der Waals surface area contributed by atoms with Gasteiger partial charge in [-0.05, 0) is 6.42 Å². The SMILES string of the molecule is C#CCC(N)C(=O)N(C)C(CC)C(=O)O. The Labute approximate surface area is 89.2 Å². The van der Waals surface area contributed by atoms with Crippen molar-refractivity contribution in [2.45, 2.75) is 31.8 Å². The first-order valence-electron chi connectivity index (χ1n) is 4.64. The highest BCUT2D eigenvalue weighted by atomic mass is 16.4. The zero-order valence-corrected chi connectivity index (χ0v) is 8.93. The van der Waals surface area contributed by atoms with Crippen LogP contribution < -0.4 is 5.73 Å². The van der Waals surface area contributed by atoms with E-state index < -0.39 is 24.0 Å². The standard InChI is InChI=1S/C10H16N2O3/c1-4-6-7(11)9(13)12(3)8(5-2)10(14)15/h1,7-8H,5-6,11H2,2-3H3,(H,14,15). The van der Waals surface area contributed by atoms with Crippen molar-refractivity contribution in [2.24, 2.45) is 5.73 Å². The minimum atomic E-state index is -1.04. The summed E-state index contributed by atoms with van der Waals surface area (Å²) < 4.78 is 0. The van der Waals surface area contributed by atoms with Crippen LogP contribution in [0.1, 0.15) is 19.8 Å². The van der Waals surface area contributed by atoms with E-state index in [1.807, 2.05) is 0 Å². The first kappa shape index (κ1) is 13.5. The summed E-state index contributed by atoms with van der Waals surface area (Å²) in [6.07, 6.45) is 5.46. The van der Waals surface area contributed by atoms with Gasteiger partial charge in [-0.3, -0.25) is 4.79 Å². The molecule has 0 spiro atoms. The lowest BCUT2D eigenvalue weighted by atomic mass is 10.1. The van der Waals surface area contributed by atoms with Gasteiger partial charge in [0.05, 0.1) is 6.04 Å². The summed E-state index contributed by atoms with van der Waals surface area (Å²) >= 11 is 0. The zero-order valence-electron chi connectivity index (χ0n) is 8.93. The Kier molecular flexibility index (Phi) is 5.42. The van der Waals surface area contributed by atoms with Gasteiger partial charge in [0.25, 0.3) is 0 Å². The van der Waals surface area contributed by atoms with Crippen LogP contribution in [0.25, 0.3) is 0 Å². The Morgan fingerprint density at radius 1 is 1.60 bits per heavy atom. The maximum atomic E-state index is 11.6. The van der Waals surface area contributed by atoms with Gasteiger partial charge < -0.3 is 15.7 Å². The number of hydrogen-bond donors (Lipinski definition) is 2. The van der Waals surface area contributed by atoms with Crippen molar-refractivity contribution in [3.63, 3.8) is 0 Å². The first-order valence-corrected chi connectivity index (χ1v) is 4.64. The monoisotopic (exact) mass is 212 g/mol. The molecule has 2 unspecified atom stereocenters. The third-order valence-electron chi connectivity index (χ3n) is 2.14. The molecule has 0 aliphatic carbocycles. The minimum Gasteiger partial charge on any atom is -0.480 e. The molecule has 2 atom stereocenters. The molecule has 0 aromatic carbocycles. The first-order chi connectivity index (χ1) is 6.95. The molecule has 15 heavy (non-hydrogen) atoms. The second kappa shape index (κ2) is 6.04. The van der Waals surface area contributed by atoms with E-state index in [0.29, 0.717) is 6.42 Å². The third-order valence-corrected chi connectivity index (χ3v) is 2.14. The van der Waals surface area contributed by atoms with Crippen molar-refractivity contribution in [3.05, 3.63) is 0 Å². The molecule has 0 aromatic heterocycles. The smallest absolute Gasteiger partial charge is 0.326 e. The normalized spacial score (nSPS) is 13.7. The fourth-order valence-corrected chi connectivity index (χ4v) is 1.24. The Morgan fingerprint density at radius 2 is 2.13 bits per heavy atom. The summed E-state index contributed by atoms with van der Waals surface area (Å²) in [6, 6.07) is -1.67. The number of likely N-dealkylation sites (N-methyl/N-ethyl adjacent to an activating group) is 1. The number of carbonyl (C=O) groups excluding carboxylic acids is 1. The number of carboxylic acid groups (broad SMARTS) is 1. The van der Waals surface area contributed by atoms with Crippen LogP contribution in [0.2, 0.25) is 0 Å². The lowest BCUT2D eigenvalue weighted by Gasteiger charge is -2.25. The van der Waals surface area contributed by atoms with E-state index in [0.717, 1.165) is 4.90 Å². The Bertz CT molecular complexity index is 283. The molecule has 0 rings (SSSR count). The summed E-state index contributed by atoms with van der Waals surface area (Å²) in [7, 11) is 1.42. The number of carbonyl (C=O) groups is 2. The molecule has 0 saturated heterocycles. The van der Waals surface area contributed by atoms with Crippen molar-refractivity contribution in [1.29, 1.82) is 0 Å². The summed E-state index contributed by atoms with van der Waals surface area (Å²) in [5.74, 6) is 0.787. The van der Waals surface area contributed by atoms with Gasteiger partial charge in [-0.25, -0.2) is 4.79 Å². The summed E-state index contributed by atoms with van der Waals surface area (Å²) in [4.78, 5) is 23.5. The number of hydrogen-bond acceptors (Lipinski definition) is 3. The molecule has 0 aliphatic rings. The van der Waals surface area contributed by atoms with Crippen molar-refractivity contribution >= 4 is 11.9 Å². The summed E-state index contributed by atoms with van der Waals surface area (Å²) in [5, 5.41) is 8.83. The van der Waals surface area contributed by atoms with E-state index in [9.17, 15) is 9.59 Å². The van der Waals surface area contributed by atoms with Gasteiger partial charge in [-0.15, -0.1) is 12.3 Å². The molecule has 84 valence electrons. The van der Waals surface area contributed by atoms with Gasteiger partial charge in [0, 0.05) is 13.5 Å². The van der Waals surface area contributed by atoms with Crippen LogP contribution in [-0.4, -0.2) is 41.0 Å². The predicted octanol–water partition coefficient (Wildman–Crippen LogP) is -0.341. The Morgan fingerprint density at radius 3 is 2.47 bits per heavy atom. The third kappa shape index (κ3) is 3.60. The molecular weight excluding hydrogens is 196 g/mol. The molecule has 0 aliphatic heterocycles. The molecule has 0 radical (unpaired) electrons. The van der Waals surface area contributed by atoms with Crippen LogP contribution in [-0.2, 0) is 9.59 Å². The van der Waals surface area contributed by atoms with Crippen LogP contribution in [0, 0.1) is 12.3 Å². The van der Waals surface area contributed by atoms with E-state index in [1.54, 1.807) is 6.92 Å². The molecule has 0 bridgehead atoms. The van der Waals surface area contributed by atoms with Gasteiger partial charge >= 0.3 is 5.97 Å². The van der Waals surface area contributed by atoms with Crippen LogP contribution >= 0.6 is 0 Å². The van der Waals surface area contributed by atoms with Gasteiger partial charge in [-0.2, -0.15) is 0 Å². The lowest BCUT2D eigenvalue weighted by Crippen LogP contribution is -2.49. The minimum absolute atomic E-state index is 0.110. The lowest BCUT2D eigenvalue weighted by molar-refractivity contribution is -0.149. The zero-order chi connectivity index (χ0) is 12.0. The molecule has 0 heterocycles. The Hall–Kier alpha value is -1.54. The highest BCUT2D eigenvalue weighted by molar-refractivity contribution is 5.86. The maximum absolute atomic E-state index is 11.6. The number of nitrogens with zero attached hydrogens (tertiary/aromatic N) is 1. The number of amides is 1. The van der Waals surface area contributed by atoms with E-state index in [-0.39, 0.29) is 6.42 Å². The molecular formula is C10H16N2O3. The topological polar surface area (TPSA) is 83.6 Å². The highest BCUT2D eigenvalue weighted by Gasteiger charge is 2.27. The molecule has 0 aromatic rings. The van der Waals surface area contributed by atoms with Crippen LogP contribution in [0.3, 0.4) is 0 Å². The fourth-order valence-electron chi connectivity index (χ4n) is 1.24. The van der Waals surface area contributed by atoms with Crippen LogP contribution in [0.4, 0.5) is 0 Å². The number of aliphatic carboxylic acids is 1. The number of carboxylic acids is 1. The predicted molar refractivity (Wildman–Crippen MR) is 55.9 cm³/mol. The van der Waals surface area contributed by atoms with Crippen molar-refractivity contribution in [1.82, 2.24) is 4.90 Å². The maximum Gasteiger partial charge on any atom is 0.326 e. The second-order valence-corrected chi connectivity index (χ2v) is 3.23. The quantitative estimate of drug-likeness (QED) is 0.611. The average molecular weight is 212 g/mol. The van der Waals surface area contributed by atoms with E-state index >= 15 is 0 Å². The molecule has 0 saturated carbocycles. The molecule has 0 fully saturated rings. The summed E-state index contributed by atoms with van der Waals surface area (Å²) in [6.45, 7) is 1.69. The van der Waals surface area contributed by atoms with E-state index in [1.165, 1.54) is 7.05 Å². The largest absolute Gasteiger partial charge is 0.480 e. The Balaban J connectivity index is 4.55. The average Bonchev–Trinajstić information content (AvgIpc) is 2.17. The van der Waals surface area contributed by atoms with Crippen LogP contribution in [0.5, 0.6) is 0 Å². The van der Waals surface area contributed by atoms with Crippen LogP contribution in [0.15, 0.2) is 0 Å². The van der Waals surface area contributed by atoms with E-state index in [2.05, 4.69) is 5.92 Å². The van der Waals surface area contributed by atoms with Gasteiger partial charge in [0.2, 0.25) is 5.91 Å². The molecule has 3 N–H and O–H groups in total. The number of rotatable bonds is 5. The summed E-state index contributed by atoms with van der Waals surface area (Å²) in [5.41, 5.74) is 5.49. The van der Waals surface area contributed by atoms with E-state index in [4.69, 9.17) is 17.3 Å². The molecule has 5 heteroatoms. The molecule has 5 nitrogen and oxygen atoms in total. The van der Waals surface area contributed by atoms with Gasteiger partial charge in [-0.1, -0.05) is 6.92 Å². The number of terminal acetylenes is 1. The highest BCUT2D eigenvalue weighted by Crippen LogP contribution is 2.05. The fraction of sp³-hybridized carbons (Fsp3) is 0.600.